The summed E-state index contributed by atoms with van der Waals surface area (Å²) in [4.78, 5) is 1.81. The van der Waals surface area contributed by atoms with Gasteiger partial charge in [-0.2, -0.15) is 0 Å². The molecule has 0 unspecified atom stereocenters. The van der Waals surface area contributed by atoms with E-state index in [0.29, 0.717) is 0 Å². The molecule has 1 aromatic rings. The Kier molecular flexibility index (Phi) is 5.56. The van der Waals surface area contributed by atoms with Crippen molar-refractivity contribution in [2.75, 3.05) is 7.11 Å². The second-order valence-corrected chi connectivity index (χ2v) is 3.36. The monoisotopic (exact) mass is 264 g/mol. The highest BCUT2D eigenvalue weighted by molar-refractivity contribution is 9.11. The highest BCUT2D eigenvalue weighted by Crippen LogP contribution is 2.12. The van der Waals surface area contributed by atoms with Gasteiger partial charge in [-0.3, -0.25) is 0 Å². The van der Waals surface area contributed by atoms with Gasteiger partial charge in [0.1, 0.15) is 5.75 Å². The Morgan fingerprint density at radius 2 is 1.67 bits per heavy atom. The highest BCUT2D eigenvalue weighted by Gasteiger charge is 1.88. The van der Waals surface area contributed by atoms with Crippen molar-refractivity contribution in [3.8, 4) is 5.75 Å². The van der Waals surface area contributed by atoms with Crippen molar-refractivity contribution < 1.29 is 4.74 Å². The van der Waals surface area contributed by atoms with Gasteiger partial charge in [0.2, 0.25) is 0 Å². The molecule has 0 heterocycles. The van der Waals surface area contributed by atoms with Crippen molar-refractivity contribution in [3.63, 3.8) is 0 Å². The molecule has 1 nitrogen and oxygen atoms in total. The molecule has 0 saturated heterocycles. The number of hydrogen-bond donors (Lipinski definition) is 0. The first kappa shape index (κ1) is 11.8. The molecule has 0 saturated carbocycles. The fraction of sp³-hybridized carbons (Fsp3) is 0.0769. The van der Waals surface area contributed by atoms with Gasteiger partial charge in [0.25, 0.3) is 0 Å². The van der Waals surface area contributed by atoms with Crippen molar-refractivity contribution in [2.24, 2.45) is 0 Å². The molecule has 0 aliphatic carbocycles. The maximum atomic E-state index is 5.07. The lowest BCUT2D eigenvalue weighted by atomic mass is 10.2. The smallest absolute Gasteiger partial charge is 0.118 e. The molecule has 78 valence electrons. The van der Waals surface area contributed by atoms with Crippen LogP contribution < -0.4 is 4.74 Å². The number of hydrogen-bond acceptors (Lipinski definition) is 1. The molecule has 0 aliphatic rings. The van der Waals surface area contributed by atoms with Gasteiger partial charge >= 0.3 is 0 Å². The normalized spacial score (nSPS) is 11.9. The molecule has 0 amide bonds. The van der Waals surface area contributed by atoms with Gasteiger partial charge in [-0.1, -0.05) is 58.4 Å². The van der Waals surface area contributed by atoms with Crippen LogP contribution in [0.5, 0.6) is 5.75 Å². The number of rotatable bonds is 4. The van der Waals surface area contributed by atoms with E-state index in [4.69, 9.17) is 4.74 Å². The van der Waals surface area contributed by atoms with Crippen LogP contribution in [-0.4, -0.2) is 7.11 Å². The van der Waals surface area contributed by atoms with E-state index in [1.54, 1.807) is 7.11 Å². The average Bonchev–Trinajstić information content (AvgIpc) is 2.30. The lowest BCUT2D eigenvalue weighted by Crippen LogP contribution is -1.81. The summed E-state index contributed by atoms with van der Waals surface area (Å²) in [6, 6.07) is 7.93. The summed E-state index contributed by atoms with van der Waals surface area (Å²) in [6.45, 7) is 0. The zero-order valence-electron chi connectivity index (χ0n) is 8.56. The summed E-state index contributed by atoms with van der Waals surface area (Å²) >= 11 is 3.19. The van der Waals surface area contributed by atoms with E-state index in [1.807, 2.05) is 59.6 Å². The quantitative estimate of drug-likeness (QED) is 0.742. The Labute approximate surface area is 98.9 Å². The van der Waals surface area contributed by atoms with Crippen molar-refractivity contribution in [2.45, 2.75) is 0 Å². The molecule has 0 spiro atoms. The third-order valence-electron chi connectivity index (χ3n) is 1.81. The molecule has 0 aromatic heterocycles. The lowest BCUT2D eigenvalue weighted by Gasteiger charge is -1.98. The zero-order valence-corrected chi connectivity index (χ0v) is 10.1. The second kappa shape index (κ2) is 7.07. The Morgan fingerprint density at radius 3 is 2.27 bits per heavy atom. The maximum Gasteiger partial charge on any atom is 0.118 e. The number of methoxy groups -OCH3 is 1. The lowest BCUT2D eigenvalue weighted by molar-refractivity contribution is 0.415. The molecule has 0 bridgehead atoms. The van der Waals surface area contributed by atoms with Gasteiger partial charge in [0, 0.05) is 0 Å². The Balaban J connectivity index is 2.57. The van der Waals surface area contributed by atoms with E-state index in [-0.39, 0.29) is 0 Å². The van der Waals surface area contributed by atoms with Crippen LogP contribution in [0.25, 0.3) is 6.08 Å². The zero-order chi connectivity index (χ0) is 10.9. The van der Waals surface area contributed by atoms with Gasteiger partial charge in [-0.15, -0.1) is 0 Å². The van der Waals surface area contributed by atoms with E-state index >= 15 is 0 Å². The largest absolute Gasteiger partial charge is 0.497 e. The molecule has 1 aromatic carbocycles. The predicted octanol–water partition coefficient (Wildman–Crippen LogP) is 4.17. The molecular weight excluding hydrogens is 252 g/mol. The van der Waals surface area contributed by atoms with Crippen LogP contribution in [0.2, 0.25) is 0 Å². The summed E-state index contributed by atoms with van der Waals surface area (Å²) in [7, 11) is 1.67. The van der Waals surface area contributed by atoms with E-state index in [9.17, 15) is 0 Å². The summed E-state index contributed by atoms with van der Waals surface area (Å²) < 4.78 is 5.07. The first-order valence-electron chi connectivity index (χ1n) is 4.61. The first-order valence-corrected chi connectivity index (χ1v) is 5.52. The molecule has 0 fully saturated rings. The van der Waals surface area contributed by atoms with Crippen LogP contribution in [0.1, 0.15) is 5.56 Å². The fourth-order valence-corrected chi connectivity index (χ4v) is 1.23. The summed E-state index contributed by atoms with van der Waals surface area (Å²) in [5.74, 6) is 0.880. The standard InChI is InChI=1S/C13H13BrO/c1-15-13-9-7-12(8-10-13)6-4-2-3-5-11-14/h2-11H,1H3/b3-2+,6-4+,11-5+. The second-order valence-electron chi connectivity index (χ2n) is 2.84. The molecular formula is C13H13BrO. The Hall–Kier alpha value is -1.28. The molecule has 0 aliphatic heterocycles. The predicted molar refractivity (Wildman–Crippen MR) is 69.2 cm³/mol. The van der Waals surface area contributed by atoms with Crippen molar-refractivity contribution in [1.29, 1.82) is 0 Å². The van der Waals surface area contributed by atoms with Crippen molar-refractivity contribution in [1.82, 2.24) is 0 Å². The summed E-state index contributed by atoms with van der Waals surface area (Å²) in [5.41, 5.74) is 1.16. The highest BCUT2D eigenvalue weighted by atomic mass is 79.9. The minimum absolute atomic E-state index is 0.880. The van der Waals surface area contributed by atoms with Gasteiger partial charge in [-0.25, -0.2) is 0 Å². The van der Waals surface area contributed by atoms with E-state index in [2.05, 4.69) is 15.9 Å². The van der Waals surface area contributed by atoms with E-state index in [0.717, 1.165) is 11.3 Å². The number of benzene rings is 1. The van der Waals surface area contributed by atoms with Crippen LogP contribution in [0.15, 0.2) is 53.6 Å². The third kappa shape index (κ3) is 4.66. The van der Waals surface area contributed by atoms with Gasteiger partial charge in [0.15, 0.2) is 0 Å². The maximum absolute atomic E-state index is 5.07. The number of ether oxygens (including phenoxy) is 1. The van der Waals surface area contributed by atoms with Gasteiger partial charge < -0.3 is 4.74 Å². The Bertz CT molecular complexity index is 361. The SMILES string of the molecule is COc1ccc(/C=C/C=C/C=C/Br)cc1. The van der Waals surface area contributed by atoms with Gasteiger partial charge in [0.05, 0.1) is 7.11 Å². The third-order valence-corrected chi connectivity index (χ3v) is 2.12. The topological polar surface area (TPSA) is 9.23 Å². The van der Waals surface area contributed by atoms with Crippen molar-refractivity contribution in [3.05, 3.63) is 59.1 Å². The van der Waals surface area contributed by atoms with Crippen LogP contribution in [0.4, 0.5) is 0 Å². The van der Waals surface area contributed by atoms with Crippen LogP contribution in [-0.2, 0) is 0 Å². The first-order chi connectivity index (χ1) is 7.36. The molecule has 2 heteroatoms. The number of halogens is 1. The van der Waals surface area contributed by atoms with Crippen LogP contribution in [0, 0.1) is 0 Å². The minimum atomic E-state index is 0.880. The average molecular weight is 265 g/mol. The molecule has 0 radical (unpaired) electrons. The molecule has 1 rings (SSSR count). The minimum Gasteiger partial charge on any atom is -0.497 e. The molecule has 0 N–H and O–H groups in total. The van der Waals surface area contributed by atoms with Crippen molar-refractivity contribution >= 4 is 22.0 Å². The van der Waals surface area contributed by atoms with Crippen LogP contribution in [0.3, 0.4) is 0 Å². The molecule has 0 atom stereocenters. The fourth-order valence-electron chi connectivity index (χ4n) is 1.05. The summed E-state index contributed by atoms with van der Waals surface area (Å²) in [6.07, 6.45) is 9.88. The number of allylic oxidation sites excluding steroid dienone is 4. The van der Waals surface area contributed by atoms with Crippen LogP contribution >= 0.6 is 15.9 Å². The van der Waals surface area contributed by atoms with E-state index in [1.165, 1.54) is 0 Å². The van der Waals surface area contributed by atoms with E-state index < -0.39 is 0 Å². The Morgan fingerprint density at radius 1 is 1.00 bits per heavy atom. The summed E-state index contributed by atoms with van der Waals surface area (Å²) in [5, 5.41) is 0. The molecule has 15 heavy (non-hydrogen) atoms. The van der Waals surface area contributed by atoms with Gasteiger partial charge in [-0.05, 0) is 22.7 Å².